The average Bonchev–Trinajstić information content (AvgIpc) is 3.24. The molecule has 1 heterocycles. The van der Waals surface area contributed by atoms with Crippen LogP contribution in [0, 0.1) is 13.8 Å². The Morgan fingerprint density at radius 3 is 2.00 bits per heavy atom. The van der Waals surface area contributed by atoms with Gasteiger partial charge in [0.1, 0.15) is 27.4 Å². The van der Waals surface area contributed by atoms with Crippen molar-refractivity contribution >= 4 is 21.0 Å². The predicted octanol–water partition coefficient (Wildman–Crippen LogP) is 5.86. The first-order chi connectivity index (χ1) is 14.9. The van der Waals surface area contributed by atoms with Crippen LogP contribution in [0.25, 0.3) is 0 Å². The fourth-order valence-corrected chi connectivity index (χ4v) is 6.26. The number of alkyl halides is 3. The molecule has 0 unspecified atom stereocenters. The van der Waals surface area contributed by atoms with Gasteiger partial charge >= 0.3 is 6.18 Å². The number of ether oxygens (including phenoxy) is 1. The quantitative estimate of drug-likeness (QED) is 0.289. The summed E-state index contributed by atoms with van der Waals surface area (Å²) >= 11 is 0. The summed E-state index contributed by atoms with van der Waals surface area (Å²) in [7, 11) is -4.16. The number of halogens is 3. The van der Waals surface area contributed by atoms with Crippen molar-refractivity contribution in [2.24, 2.45) is 0 Å². The lowest BCUT2D eigenvalue weighted by Gasteiger charge is -2.13. The zero-order valence-corrected chi connectivity index (χ0v) is 20.1. The molecule has 178 valence electrons. The second-order valence-corrected chi connectivity index (χ2v) is 11.3. The summed E-state index contributed by atoms with van der Waals surface area (Å²) in [5, 5.41) is 0. The summed E-state index contributed by atoms with van der Waals surface area (Å²) in [5.41, 5.74) is 1.64. The van der Waals surface area contributed by atoms with Crippen LogP contribution in [0.5, 0.6) is 5.75 Å². The fourth-order valence-electron chi connectivity index (χ4n) is 3.32. The van der Waals surface area contributed by atoms with Crippen molar-refractivity contribution in [2.75, 3.05) is 18.1 Å². The van der Waals surface area contributed by atoms with E-state index in [0.29, 0.717) is 35.2 Å². The van der Waals surface area contributed by atoms with Crippen LogP contribution in [0.15, 0.2) is 46.2 Å². The first kappa shape index (κ1) is 26.5. The molecule has 32 heavy (non-hydrogen) atoms. The molecule has 0 N–H and O–H groups in total. The van der Waals surface area contributed by atoms with Crippen LogP contribution in [-0.2, 0) is 27.2 Å². The van der Waals surface area contributed by atoms with Gasteiger partial charge in [-0.2, -0.15) is 13.2 Å². The Kier molecular flexibility index (Phi) is 9.48. The number of hydrogen-bond donors (Lipinski definition) is 0. The summed E-state index contributed by atoms with van der Waals surface area (Å²) in [4.78, 5) is 0.885. The van der Waals surface area contributed by atoms with Gasteiger partial charge in [0.25, 0.3) is 0 Å². The molecule has 2 aromatic rings. The lowest BCUT2D eigenvalue weighted by atomic mass is 10.1. The smallest absolute Gasteiger partial charge is 0.416 e. The highest BCUT2D eigenvalue weighted by atomic mass is 32.2. The molecule has 1 fully saturated rings. The summed E-state index contributed by atoms with van der Waals surface area (Å²) < 4.78 is 73.0. The lowest BCUT2D eigenvalue weighted by Crippen LogP contribution is -2.06. The molecule has 0 amide bonds. The van der Waals surface area contributed by atoms with E-state index >= 15 is 0 Å². The van der Waals surface area contributed by atoms with Gasteiger partial charge in [0.2, 0.25) is 0 Å². The molecular formula is C23H29F3O4S2. The van der Waals surface area contributed by atoms with Gasteiger partial charge in [-0.05, 0) is 80.6 Å². The van der Waals surface area contributed by atoms with Crippen molar-refractivity contribution in [3.63, 3.8) is 0 Å². The SMILES string of the molecule is CCCCOc1c(C)cc([S+]2CCCC2)cc1C.O=S(=O)([O-])c1ccc(C(F)(F)F)cc1. The molecule has 0 radical (unpaired) electrons. The van der Waals surface area contributed by atoms with Crippen LogP contribution in [0.2, 0.25) is 0 Å². The largest absolute Gasteiger partial charge is 0.744 e. The first-order valence-electron chi connectivity index (χ1n) is 10.5. The maximum atomic E-state index is 12.0. The molecule has 0 saturated carbocycles. The third kappa shape index (κ3) is 7.71. The van der Waals surface area contributed by atoms with Crippen LogP contribution in [0.1, 0.15) is 49.3 Å². The standard InChI is InChI=1S/C16H25OS.C7H5F3O3S/c1-4-5-8-17-16-13(2)11-15(12-14(16)3)18-9-6-7-10-18;8-7(9,10)5-1-3-6(4-2-5)14(11,12)13/h11-12H,4-10H2,1-3H3;1-4H,(H,11,12,13)/q+1;/p-1. The zero-order chi connectivity index (χ0) is 23.9. The van der Waals surface area contributed by atoms with Gasteiger partial charge in [-0.15, -0.1) is 0 Å². The van der Waals surface area contributed by atoms with Crippen molar-refractivity contribution in [3.8, 4) is 5.75 Å². The number of unbranched alkanes of at least 4 members (excludes halogenated alkanes) is 1. The first-order valence-corrected chi connectivity index (χ1v) is 13.4. The number of hydrogen-bond acceptors (Lipinski definition) is 4. The molecule has 0 bridgehead atoms. The van der Waals surface area contributed by atoms with Crippen molar-refractivity contribution in [1.82, 2.24) is 0 Å². The maximum Gasteiger partial charge on any atom is 0.416 e. The van der Waals surface area contributed by atoms with Crippen LogP contribution in [-0.4, -0.2) is 31.1 Å². The monoisotopic (exact) mass is 490 g/mol. The van der Waals surface area contributed by atoms with E-state index in [0.717, 1.165) is 18.8 Å². The van der Waals surface area contributed by atoms with E-state index in [1.807, 2.05) is 0 Å². The van der Waals surface area contributed by atoms with Crippen LogP contribution in [0.4, 0.5) is 13.2 Å². The fraction of sp³-hybridized carbons (Fsp3) is 0.478. The van der Waals surface area contributed by atoms with Gasteiger partial charge < -0.3 is 9.29 Å². The highest BCUT2D eigenvalue weighted by Crippen LogP contribution is 2.31. The molecule has 0 atom stereocenters. The van der Waals surface area contributed by atoms with Gasteiger partial charge in [0.05, 0.1) is 17.1 Å². The van der Waals surface area contributed by atoms with Crippen LogP contribution in [0.3, 0.4) is 0 Å². The number of aryl methyl sites for hydroxylation is 2. The van der Waals surface area contributed by atoms with Crippen LogP contribution < -0.4 is 4.74 Å². The van der Waals surface area contributed by atoms with Crippen molar-refractivity contribution in [2.45, 2.75) is 62.4 Å². The average molecular weight is 491 g/mol. The van der Waals surface area contributed by atoms with Gasteiger partial charge in [0.15, 0.2) is 4.90 Å². The van der Waals surface area contributed by atoms with Gasteiger partial charge in [-0.1, -0.05) is 13.3 Å². The lowest BCUT2D eigenvalue weighted by molar-refractivity contribution is -0.137. The second kappa shape index (κ2) is 11.4. The third-order valence-electron chi connectivity index (χ3n) is 5.01. The molecular weight excluding hydrogens is 461 g/mol. The predicted molar refractivity (Wildman–Crippen MR) is 120 cm³/mol. The maximum absolute atomic E-state index is 12.0. The molecule has 1 saturated heterocycles. The summed E-state index contributed by atoms with van der Waals surface area (Å²) in [5.74, 6) is 3.92. The Morgan fingerprint density at radius 2 is 1.56 bits per heavy atom. The van der Waals surface area contributed by atoms with Gasteiger partial charge in [-0.3, -0.25) is 0 Å². The molecule has 0 aliphatic carbocycles. The topological polar surface area (TPSA) is 66.4 Å². The Hall–Kier alpha value is -1.71. The highest BCUT2D eigenvalue weighted by molar-refractivity contribution is 7.97. The Morgan fingerprint density at radius 1 is 1.03 bits per heavy atom. The Balaban J connectivity index is 0.000000235. The van der Waals surface area contributed by atoms with E-state index < -0.39 is 26.8 Å². The molecule has 2 aromatic carbocycles. The van der Waals surface area contributed by atoms with Gasteiger partial charge in [-0.25, -0.2) is 8.42 Å². The van der Waals surface area contributed by atoms with E-state index in [2.05, 4.69) is 32.9 Å². The number of benzene rings is 2. The Labute approximate surface area is 191 Å². The van der Waals surface area contributed by atoms with E-state index in [1.54, 1.807) is 4.90 Å². The van der Waals surface area contributed by atoms with Crippen molar-refractivity contribution < 1.29 is 30.9 Å². The molecule has 0 aromatic heterocycles. The normalized spacial score (nSPS) is 14.7. The summed E-state index contributed by atoms with van der Waals surface area (Å²) in [6.45, 7) is 7.44. The van der Waals surface area contributed by atoms with Crippen molar-refractivity contribution in [1.29, 1.82) is 0 Å². The number of rotatable bonds is 6. The molecule has 9 heteroatoms. The van der Waals surface area contributed by atoms with E-state index in [4.69, 9.17) is 4.74 Å². The molecule has 4 nitrogen and oxygen atoms in total. The van der Waals surface area contributed by atoms with E-state index in [-0.39, 0.29) is 0 Å². The minimum atomic E-state index is -4.68. The summed E-state index contributed by atoms with van der Waals surface area (Å²) in [6.07, 6.45) is 0.627. The second-order valence-electron chi connectivity index (χ2n) is 7.67. The minimum absolute atomic E-state index is 0.518. The third-order valence-corrected chi connectivity index (χ3v) is 8.33. The zero-order valence-electron chi connectivity index (χ0n) is 18.5. The van der Waals surface area contributed by atoms with Crippen molar-refractivity contribution in [3.05, 3.63) is 53.1 Å². The molecule has 3 rings (SSSR count). The highest BCUT2D eigenvalue weighted by Gasteiger charge is 2.30. The Bertz CT molecular complexity index is 958. The summed E-state index contributed by atoms with van der Waals surface area (Å²) in [6, 6.07) is 7.08. The van der Waals surface area contributed by atoms with Gasteiger partial charge in [0, 0.05) is 10.9 Å². The van der Waals surface area contributed by atoms with E-state index in [1.165, 1.54) is 41.9 Å². The molecule has 1 aliphatic heterocycles. The molecule has 1 aliphatic rings. The van der Waals surface area contributed by atoms with Crippen LogP contribution >= 0.6 is 0 Å². The molecule has 0 spiro atoms. The van der Waals surface area contributed by atoms with E-state index in [9.17, 15) is 26.1 Å². The minimum Gasteiger partial charge on any atom is -0.744 e.